The largest absolute Gasteiger partial charge is 0.436 e. The zero-order chi connectivity index (χ0) is 17.6. The van der Waals surface area contributed by atoms with E-state index in [-0.39, 0.29) is 0 Å². The number of aromatic nitrogens is 1. The van der Waals surface area contributed by atoms with Crippen LogP contribution in [0.25, 0.3) is 28.6 Å². The summed E-state index contributed by atoms with van der Waals surface area (Å²) < 4.78 is 5.98. The van der Waals surface area contributed by atoms with Gasteiger partial charge in [0.25, 0.3) is 0 Å². The molecule has 1 heterocycles. The van der Waals surface area contributed by atoms with Gasteiger partial charge < -0.3 is 4.42 Å². The van der Waals surface area contributed by atoms with Crippen LogP contribution in [0, 0.1) is 0 Å². The molecule has 0 saturated heterocycles. The normalized spacial score (nSPS) is 11.6. The van der Waals surface area contributed by atoms with Crippen molar-refractivity contribution in [1.82, 2.24) is 4.98 Å². The maximum Gasteiger partial charge on any atom is 0.227 e. The van der Waals surface area contributed by atoms with E-state index in [2.05, 4.69) is 31.4 Å². The van der Waals surface area contributed by atoms with Crippen LogP contribution in [0.2, 0.25) is 0 Å². The summed E-state index contributed by atoms with van der Waals surface area (Å²) in [7, 11) is 0. The van der Waals surface area contributed by atoms with Gasteiger partial charge in [-0.2, -0.15) is 0 Å². The SMILES string of the molecule is C=CC(=C)/C=C\c1ccc2oc(-c3ccccc3)nc2c1C/C=C\C. The molecule has 2 nitrogen and oxygen atoms in total. The van der Waals surface area contributed by atoms with E-state index in [0.717, 1.165) is 39.8 Å². The highest BCUT2D eigenvalue weighted by molar-refractivity contribution is 5.84. The number of hydrogen-bond donors (Lipinski definition) is 0. The average molecular weight is 327 g/mol. The van der Waals surface area contributed by atoms with Crippen LogP contribution in [-0.4, -0.2) is 4.98 Å². The van der Waals surface area contributed by atoms with Crippen LogP contribution in [0.4, 0.5) is 0 Å². The Hall–Kier alpha value is -3.13. The molecule has 0 bridgehead atoms. The molecule has 0 spiro atoms. The maximum atomic E-state index is 5.98. The minimum atomic E-state index is 0.647. The monoisotopic (exact) mass is 327 g/mol. The lowest BCUT2D eigenvalue weighted by molar-refractivity contribution is 0.620. The van der Waals surface area contributed by atoms with Gasteiger partial charge >= 0.3 is 0 Å². The van der Waals surface area contributed by atoms with Gasteiger partial charge in [-0.25, -0.2) is 4.98 Å². The van der Waals surface area contributed by atoms with Crippen LogP contribution in [0.3, 0.4) is 0 Å². The van der Waals surface area contributed by atoms with E-state index in [1.807, 2.05) is 55.5 Å². The molecule has 3 rings (SSSR count). The Labute approximate surface area is 148 Å². The summed E-state index contributed by atoms with van der Waals surface area (Å²) in [6.07, 6.45) is 10.7. The van der Waals surface area contributed by atoms with Crippen LogP contribution in [0.5, 0.6) is 0 Å². The van der Waals surface area contributed by atoms with Crippen molar-refractivity contribution in [2.75, 3.05) is 0 Å². The summed E-state index contributed by atoms with van der Waals surface area (Å²) in [6.45, 7) is 9.70. The van der Waals surface area contributed by atoms with E-state index in [0.29, 0.717) is 5.89 Å². The molecular formula is C23H21NO. The Morgan fingerprint density at radius 3 is 2.68 bits per heavy atom. The zero-order valence-corrected chi connectivity index (χ0v) is 14.4. The third-order valence-electron chi connectivity index (χ3n) is 4.02. The number of hydrogen-bond acceptors (Lipinski definition) is 2. The van der Waals surface area contributed by atoms with Crippen LogP contribution in [0.15, 0.2) is 89.9 Å². The van der Waals surface area contributed by atoms with Gasteiger partial charge in [-0.3, -0.25) is 0 Å². The molecular weight excluding hydrogens is 306 g/mol. The minimum Gasteiger partial charge on any atom is -0.436 e. The molecule has 1 aromatic heterocycles. The molecule has 2 aromatic carbocycles. The highest BCUT2D eigenvalue weighted by Crippen LogP contribution is 2.29. The Morgan fingerprint density at radius 2 is 1.96 bits per heavy atom. The molecule has 0 fully saturated rings. The van der Waals surface area contributed by atoms with E-state index in [9.17, 15) is 0 Å². The first kappa shape index (κ1) is 16.7. The molecule has 0 saturated carbocycles. The number of oxazole rings is 1. The Balaban J connectivity index is 2.13. The van der Waals surface area contributed by atoms with Crippen molar-refractivity contribution in [3.8, 4) is 11.5 Å². The van der Waals surface area contributed by atoms with Crippen molar-refractivity contribution in [3.05, 3.63) is 96.6 Å². The van der Waals surface area contributed by atoms with Crippen molar-refractivity contribution < 1.29 is 4.42 Å². The number of nitrogens with zero attached hydrogens (tertiary/aromatic N) is 1. The van der Waals surface area contributed by atoms with E-state index in [1.54, 1.807) is 6.08 Å². The molecule has 3 aromatic rings. The van der Waals surface area contributed by atoms with Gasteiger partial charge in [-0.15, -0.1) is 0 Å². The fourth-order valence-corrected chi connectivity index (χ4v) is 2.64. The van der Waals surface area contributed by atoms with Crippen molar-refractivity contribution in [2.45, 2.75) is 13.3 Å². The molecule has 0 aliphatic carbocycles. The number of fused-ring (bicyclic) bond motifs is 1. The summed E-state index contributed by atoms with van der Waals surface area (Å²) in [5, 5.41) is 0. The van der Waals surface area contributed by atoms with Crippen molar-refractivity contribution in [2.24, 2.45) is 0 Å². The summed E-state index contributed by atoms with van der Waals surface area (Å²) in [5.74, 6) is 0.647. The van der Waals surface area contributed by atoms with E-state index in [1.165, 1.54) is 0 Å². The van der Waals surface area contributed by atoms with Gasteiger partial charge in [-0.1, -0.05) is 67.8 Å². The molecule has 0 radical (unpaired) electrons. The van der Waals surface area contributed by atoms with Crippen molar-refractivity contribution in [1.29, 1.82) is 0 Å². The highest BCUT2D eigenvalue weighted by Gasteiger charge is 2.13. The first-order valence-electron chi connectivity index (χ1n) is 8.31. The summed E-state index contributed by atoms with van der Waals surface area (Å²) in [4.78, 5) is 4.77. The Morgan fingerprint density at radius 1 is 1.16 bits per heavy atom. The second kappa shape index (κ2) is 7.63. The van der Waals surface area contributed by atoms with Crippen LogP contribution >= 0.6 is 0 Å². The number of allylic oxidation sites excluding steroid dienone is 5. The average Bonchev–Trinajstić information content (AvgIpc) is 3.09. The molecule has 124 valence electrons. The molecule has 25 heavy (non-hydrogen) atoms. The first-order valence-corrected chi connectivity index (χ1v) is 8.31. The topological polar surface area (TPSA) is 26.0 Å². The van der Waals surface area contributed by atoms with Crippen LogP contribution < -0.4 is 0 Å². The highest BCUT2D eigenvalue weighted by atomic mass is 16.3. The molecule has 0 aliphatic rings. The van der Waals surface area contributed by atoms with Gasteiger partial charge in [0.1, 0.15) is 5.52 Å². The van der Waals surface area contributed by atoms with E-state index >= 15 is 0 Å². The molecule has 2 heteroatoms. The third kappa shape index (κ3) is 3.69. The van der Waals surface area contributed by atoms with Gasteiger partial charge in [0.05, 0.1) is 0 Å². The standard InChI is InChI=1S/C23H21NO/c1-4-6-12-20-18(14-13-17(3)5-2)15-16-21-22(20)24-23(25-21)19-10-8-7-9-11-19/h4-11,13-16H,2-3,12H2,1H3/b6-4-,14-13-. The molecule has 0 N–H and O–H groups in total. The molecule has 0 aliphatic heterocycles. The third-order valence-corrected chi connectivity index (χ3v) is 4.02. The van der Waals surface area contributed by atoms with Crippen molar-refractivity contribution >= 4 is 17.2 Å². The van der Waals surface area contributed by atoms with Crippen LogP contribution in [0.1, 0.15) is 18.1 Å². The lowest BCUT2D eigenvalue weighted by atomic mass is 10.0. The summed E-state index contributed by atoms with van der Waals surface area (Å²) in [6, 6.07) is 14.0. The molecule has 0 unspecified atom stereocenters. The van der Waals surface area contributed by atoms with Crippen LogP contribution in [-0.2, 0) is 6.42 Å². The Kier molecular flexibility index (Phi) is 5.10. The van der Waals surface area contributed by atoms with E-state index in [4.69, 9.17) is 9.40 Å². The summed E-state index contributed by atoms with van der Waals surface area (Å²) >= 11 is 0. The fourth-order valence-electron chi connectivity index (χ4n) is 2.64. The van der Waals surface area contributed by atoms with Gasteiger partial charge in [-0.05, 0) is 48.2 Å². The second-order valence-corrected chi connectivity index (χ2v) is 5.75. The van der Waals surface area contributed by atoms with Gasteiger partial charge in [0.15, 0.2) is 5.58 Å². The lowest BCUT2D eigenvalue weighted by Crippen LogP contribution is -1.90. The zero-order valence-electron chi connectivity index (χ0n) is 14.4. The predicted molar refractivity (Wildman–Crippen MR) is 106 cm³/mol. The number of rotatable bonds is 6. The Bertz CT molecular complexity index is 958. The molecule has 0 atom stereocenters. The first-order chi connectivity index (χ1) is 12.2. The second-order valence-electron chi connectivity index (χ2n) is 5.75. The molecule has 0 amide bonds. The minimum absolute atomic E-state index is 0.647. The van der Waals surface area contributed by atoms with E-state index < -0.39 is 0 Å². The fraction of sp³-hybridized carbons (Fsp3) is 0.0870. The predicted octanol–water partition coefficient (Wildman–Crippen LogP) is 6.37. The van der Waals surface area contributed by atoms with Crippen molar-refractivity contribution in [3.63, 3.8) is 0 Å². The maximum absolute atomic E-state index is 5.98. The quantitative estimate of drug-likeness (QED) is 0.388. The van der Waals surface area contributed by atoms with Gasteiger partial charge in [0.2, 0.25) is 5.89 Å². The lowest BCUT2D eigenvalue weighted by Gasteiger charge is -2.04. The summed E-state index contributed by atoms with van der Waals surface area (Å²) in [5.41, 5.74) is 5.83. The number of benzene rings is 2. The smallest absolute Gasteiger partial charge is 0.227 e. The van der Waals surface area contributed by atoms with Gasteiger partial charge in [0, 0.05) is 5.56 Å².